The van der Waals surface area contributed by atoms with E-state index in [1.807, 2.05) is 0 Å². The van der Waals surface area contributed by atoms with E-state index < -0.39 is 29.2 Å². The van der Waals surface area contributed by atoms with Gasteiger partial charge in [0.25, 0.3) is 0 Å². The molecule has 5 rings (SSSR count). The summed E-state index contributed by atoms with van der Waals surface area (Å²) < 4.78 is 42.4. The van der Waals surface area contributed by atoms with Crippen LogP contribution in [0.4, 0.5) is 13.2 Å². The molecule has 3 nitrogen and oxygen atoms in total. The molecule has 33 heavy (non-hydrogen) atoms. The number of fused-ring (bicyclic) bond motifs is 5. The smallest absolute Gasteiger partial charge is 0.349 e. The Morgan fingerprint density at radius 1 is 1.03 bits per heavy atom. The first-order valence-electron chi connectivity index (χ1n) is 12.2. The highest BCUT2D eigenvalue weighted by Crippen LogP contribution is 2.65. The normalized spacial score (nSPS) is 40.9. The van der Waals surface area contributed by atoms with Gasteiger partial charge in [0, 0.05) is 17.4 Å². The van der Waals surface area contributed by atoms with E-state index in [-0.39, 0.29) is 28.8 Å². The SMILES string of the molecule is C[C@]12C=CC(=O)N[C@@H]1CC[C@@H]1[C@@H]2CC[C@]2(C)[C@@H](C(=O)C(c3ccccc3)C(F)(F)F)CC[C@@H]12. The molecule has 3 aliphatic carbocycles. The first-order valence-corrected chi connectivity index (χ1v) is 12.2. The van der Waals surface area contributed by atoms with Gasteiger partial charge in [-0.25, -0.2) is 0 Å². The molecular weight excluding hydrogens is 427 g/mol. The van der Waals surface area contributed by atoms with Crippen molar-refractivity contribution in [3.8, 4) is 0 Å². The maximum Gasteiger partial charge on any atom is 0.402 e. The number of nitrogens with one attached hydrogen (secondary N) is 1. The summed E-state index contributed by atoms with van der Waals surface area (Å²) in [4.78, 5) is 25.5. The van der Waals surface area contributed by atoms with Gasteiger partial charge in [-0.05, 0) is 73.3 Å². The second-order valence-corrected chi connectivity index (χ2v) is 11.2. The van der Waals surface area contributed by atoms with Crippen molar-refractivity contribution >= 4 is 11.7 Å². The molecule has 0 radical (unpaired) electrons. The molecule has 1 aromatic carbocycles. The van der Waals surface area contributed by atoms with E-state index in [0.717, 1.165) is 32.1 Å². The Hall–Kier alpha value is -2.11. The molecule has 3 fully saturated rings. The van der Waals surface area contributed by atoms with Crippen LogP contribution in [0.3, 0.4) is 0 Å². The van der Waals surface area contributed by atoms with Crippen molar-refractivity contribution in [1.29, 1.82) is 0 Å². The van der Waals surface area contributed by atoms with Crippen molar-refractivity contribution < 1.29 is 22.8 Å². The number of ketones is 1. The number of hydrogen-bond donors (Lipinski definition) is 1. The Kier molecular flexibility index (Phi) is 5.30. The minimum Gasteiger partial charge on any atom is -0.349 e. The summed E-state index contributed by atoms with van der Waals surface area (Å²) in [5, 5.41) is 3.13. The molecule has 1 N–H and O–H groups in total. The van der Waals surface area contributed by atoms with Gasteiger partial charge in [-0.1, -0.05) is 50.3 Å². The lowest BCUT2D eigenvalue weighted by atomic mass is 9.47. The van der Waals surface area contributed by atoms with E-state index in [2.05, 4.69) is 25.2 Å². The van der Waals surface area contributed by atoms with Gasteiger partial charge < -0.3 is 5.32 Å². The van der Waals surface area contributed by atoms with Gasteiger partial charge in [0.1, 0.15) is 5.92 Å². The first kappa shape index (κ1) is 22.7. The minimum absolute atomic E-state index is 0.0396. The van der Waals surface area contributed by atoms with Gasteiger partial charge in [0.05, 0.1) is 0 Å². The van der Waals surface area contributed by atoms with Crippen molar-refractivity contribution in [3.63, 3.8) is 0 Å². The average molecular weight is 460 g/mol. The number of Topliss-reactive ketones (excluding diaryl/α,β-unsaturated/α-hetero) is 1. The van der Waals surface area contributed by atoms with Crippen LogP contribution in [0, 0.1) is 34.5 Å². The third-order valence-corrected chi connectivity index (χ3v) is 9.77. The Morgan fingerprint density at radius 3 is 2.45 bits per heavy atom. The summed E-state index contributed by atoms with van der Waals surface area (Å²) >= 11 is 0. The van der Waals surface area contributed by atoms with E-state index in [9.17, 15) is 22.8 Å². The predicted octanol–water partition coefficient (Wildman–Crippen LogP) is 5.82. The van der Waals surface area contributed by atoms with Crippen LogP contribution in [0.15, 0.2) is 42.5 Å². The van der Waals surface area contributed by atoms with Crippen molar-refractivity contribution in [2.24, 2.45) is 34.5 Å². The summed E-state index contributed by atoms with van der Waals surface area (Å²) in [5.41, 5.74) is -0.480. The van der Waals surface area contributed by atoms with Gasteiger partial charge in [0.15, 0.2) is 5.78 Å². The largest absolute Gasteiger partial charge is 0.402 e. The summed E-state index contributed by atoms with van der Waals surface area (Å²) in [6.45, 7) is 4.30. The van der Waals surface area contributed by atoms with Crippen molar-refractivity contribution in [3.05, 3.63) is 48.0 Å². The zero-order chi connectivity index (χ0) is 23.6. The lowest BCUT2D eigenvalue weighted by molar-refractivity contribution is -0.170. The van der Waals surface area contributed by atoms with Gasteiger partial charge >= 0.3 is 6.18 Å². The van der Waals surface area contributed by atoms with Gasteiger partial charge in [-0.3, -0.25) is 9.59 Å². The van der Waals surface area contributed by atoms with Crippen molar-refractivity contribution in [2.75, 3.05) is 0 Å². The molecule has 1 unspecified atom stereocenters. The number of hydrogen-bond acceptors (Lipinski definition) is 2. The van der Waals surface area contributed by atoms with Crippen LogP contribution in [0.25, 0.3) is 0 Å². The van der Waals surface area contributed by atoms with Crippen LogP contribution in [0.1, 0.15) is 63.9 Å². The molecule has 1 aromatic rings. The number of benzene rings is 1. The quantitative estimate of drug-likeness (QED) is 0.620. The summed E-state index contributed by atoms with van der Waals surface area (Å²) in [6, 6.07) is 7.78. The summed E-state index contributed by atoms with van der Waals surface area (Å²) in [5.74, 6) is -2.30. The molecular formula is C27H32F3NO2. The number of rotatable bonds is 3. The van der Waals surface area contributed by atoms with Crippen LogP contribution < -0.4 is 5.32 Å². The molecule has 178 valence electrons. The van der Waals surface area contributed by atoms with E-state index in [1.54, 1.807) is 24.3 Å². The molecule has 6 heteroatoms. The molecule has 0 bridgehead atoms. The maximum absolute atomic E-state index is 14.1. The van der Waals surface area contributed by atoms with E-state index in [4.69, 9.17) is 0 Å². The Labute approximate surface area is 193 Å². The Bertz CT molecular complexity index is 973. The molecule has 8 atom stereocenters. The standard InChI is InChI=1S/C27H32F3NO2/c1-25-14-12-19-17(8-11-21-26(19,2)15-13-22(32)31-21)18(25)9-10-20(25)24(33)23(27(28,29)30)16-6-4-3-5-7-16/h3-7,13,15,17-21,23H,8-12,14H2,1-2H3,(H,31,32)/t17-,18-,19-,20+,21+,23?,25-,26+/m0/s1. The molecule has 0 spiro atoms. The van der Waals surface area contributed by atoms with E-state index in [1.165, 1.54) is 12.1 Å². The maximum atomic E-state index is 14.1. The lowest BCUT2D eigenvalue weighted by Crippen LogP contribution is -2.59. The zero-order valence-corrected chi connectivity index (χ0v) is 19.2. The fourth-order valence-electron chi connectivity index (χ4n) is 8.16. The number of carbonyl (C=O) groups is 2. The number of carbonyl (C=O) groups excluding carboxylic acids is 2. The average Bonchev–Trinajstić information content (AvgIpc) is 3.11. The predicted molar refractivity (Wildman–Crippen MR) is 119 cm³/mol. The fourth-order valence-corrected chi connectivity index (χ4v) is 8.16. The van der Waals surface area contributed by atoms with E-state index in [0.29, 0.717) is 18.3 Å². The monoisotopic (exact) mass is 459 g/mol. The van der Waals surface area contributed by atoms with Crippen LogP contribution >= 0.6 is 0 Å². The number of alkyl halides is 3. The Morgan fingerprint density at radius 2 is 1.76 bits per heavy atom. The molecule has 4 aliphatic rings. The Balaban J connectivity index is 1.44. The van der Waals surface area contributed by atoms with Crippen LogP contribution in [-0.4, -0.2) is 23.9 Å². The van der Waals surface area contributed by atoms with Crippen molar-refractivity contribution in [1.82, 2.24) is 5.32 Å². The second-order valence-electron chi connectivity index (χ2n) is 11.2. The van der Waals surface area contributed by atoms with Crippen LogP contribution in [-0.2, 0) is 9.59 Å². The second kappa shape index (κ2) is 7.71. The summed E-state index contributed by atoms with van der Waals surface area (Å²) in [7, 11) is 0. The molecule has 1 amide bonds. The van der Waals surface area contributed by atoms with Gasteiger partial charge in [-0.2, -0.15) is 13.2 Å². The molecule has 1 heterocycles. The highest BCUT2D eigenvalue weighted by atomic mass is 19.4. The molecule has 3 saturated carbocycles. The molecule has 0 aromatic heterocycles. The third kappa shape index (κ3) is 3.47. The zero-order valence-electron chi connectivity index (χ0n) is 19.2. The number of amides is 1. The first-order chi connectivity index (χ1) is 15.6. The van der Waals surface area contributed by atoms with Crippen LogP contribution in [0.2, 0.25) is 0 Å². The van der Waals surface area contributed by atoms with Crippen molar-refractivity contribution in [2.45, 2.75) is 70.5 Å². The van der Waals surface area contributed by atoms with Gasteiger partial charge in [0.2, 0.25) is 5.91 Å². The molecule has 1 aliphatic heterocycles. The highest BCUT2D eigenvalue weighted by molar-refractivity contribution is 5.90. The topological polar surface area (TPSA) is 46.2 Å². The third-order valence-electron chi connectivity index (χ3n) is 9.77. The lowest BCUT2D eigenvalue weighted by Gasteiger charge is -2.58. The minimum atomic E-state index is -4.60. The summed E-state index contributed by atoms with van der Waals surface area (Å²) in [6.07, 6.45) is 3.95. The highest BCUT2D eigenvalue weighted by Gasteiger charge is 2.62. The molecule has 0 saturated heterocycles. The number of halogens is 3. The van der Waals surface area contributed by atoms with E-state index >= 15 is 0 Å². The van der Waals surface area contributed by atoms with Gasteiger partial charge in [-0.15, -0.1) is 0 Å². The van der Waals surface area contributed by atoms with Crippen LogP contribution in [0.5, 0.6) is 0 Å². The fraction of sp³-hybridized carbons (Fsp3) is 0.630.